The van der Waals surface area contributed by atoms with Crippen LogP contribution < -0.4 is 19.0 Å². The summed E-state index contributed by atoms with van der Waals surface area (Å²) in [6, 6.07) is 15.5. The van der Waals surface area contributed by atoms with Crippen LogP contribution in [0.15, 0.2) is 60.7 Å². The Labute approximate surface area is 499 Å². The van der Waals surface area contributed by atoms with Gasteiger partial charge in [-0.3, -0.25) is 35.0 Å². The zero-order valence-electron chi connectivity index (χ0n) is 48.4. The minimum Gasteiger partial charge on any atom is -0.443 e. The van der Waals surface area contributed by atoms with Gasteiger partial charge in [-0.15, -0.1) is 0 Å². The van der Waals surface area contributed by atoms with Crippen molar-refractivity contribution in [1.29, 1.82) is 0 Å². The molecule has 10 rings (SSSR count). The highest BCUT2D eigenvalue weighted by molar-refractivity contribution is 7.86. The third-order valence-electron chi connectivity index (χ3n) is 15.3. The first kappa shape index (κ1) is 61.4. The number of ketones is 1. The van der Waals surface area contributed by atoms with Gasteiger partial charge in [-0.25, -0.2) is 18.7 Å². The van der Waals surface area contributed by atoms with Gasteiger partial charge < -0.3 is 28.1 Å². The van der Waals surface area contributed by atoms with Crippen molar-refractivity contribution in [3.63, 3.8) is 0 Å². The molecule has 2 saturated heterocycles. The van der Waals surface area contributed by atoms with Gasteiger partial charge in [0.1, 0.15) is 11.2 Å². The second kappa shape index (κ2) is 23.9. The lowest BCUT2D eigenvalue weighted by atomic mass is 9.87. The SMILES string of the molecule is CC(C)(C)OC(=O)n1c(-c2cc(OS(C)(=O)=O)c(Cl)c3c2C(C(=O)C2NCc4c(Cl)c(OS(C)(=O)=O)cc(-c5cc6cc(CN7CCN(CCO)CC7)ccc6n5C(=O)OC(C)(C)C)c42)NC3)cc2cc(CN3CCN(CCO)CC3)ccc21. The van der Waals surface area contributed by atoms with Gasteiger partial charge in [0.15, 0.2) is 17.3 Å². The first-order valence-corrected chi connectivity index (χ1v) is 32.3. The molecule has 0 spiro atoms. The highest BCUT2D eigenvalue weighted by atomic mass is 35.5. The molecular weight excluding hydrogens is 1160 g/mol. The van der Waals surface area contributed by atoms with Gasteiger partial charge in [-0.05, 0) is 123 Å². The Morgan fingerprint density at radius 2 is 0.917 bits per heavy atom. The molecule has 25 heteroatoms. The summed E-state index contributed by atoms with van der Waals surface area (Å²) in [6.45, 7) is 19.3. The van der Waals surface area contributed by atoms with Crippen molar-refractivity contribution < 1.29 is 59.3 Å². The molecule has 2 unspecified atom stereocenters. The van der Waals surface area contributed by atoms with Crippen LogP contribution in [0.3, 0.4) is 0 Å². The lowest BCUT2D eigenvalue weighted by Gasteiger charge is -2.34. The summed E-state index contributed by atoms with van der Waals surface area (Å²) in [5.74, 6) is -0.945. The van der Waals surface area contributed by atoms with Crippen LogP contribution in [0.2, 0.25) is 10.0 Å². The third-order valence-corrected chi connectivity index (χ3v) is 17.1. The van der Waals surface area contributed by atoms with Crippen LogP contribution in [0.25, 0.3) is 44.3 Å². The molecule has 0 amide bonds. The molecule has 6 aromatic rings. The number of halogens is 2. The van der Waals surface area contributed by atoms with Gasteiger partial charge in [-0.2, -0.15) is 16.8 Å². The fourth-order valence-corrected chi connectivity index (χ4v) is 13.3. The first-order valence-electron chi connectivity index (χ1n) is 27.9. The number of carbonyl (C=O) groups excluding carboxylic acids is 3. The lowest BCUT2D eigenvalue weighted by Crippen LogP contribution is -2.46. The molecule has 2 aromatic heterocycles. The Hall–Kier alpha value is -5.67. The summed E-state index contributed by atoms with van der Waals surface area (Å²) in [7, 11) is -8.39. The van der Waals surface area contributed by atoms with E-state index in [1.807, 2.05) is 36.4 Å². The van der Waals surface area contributed by atoms with Crippen LogP contribution in [0, 0.1) is 0 Å². The number of benzene rings is 4. The average Bonchev–Trinajstić information content (AvgIpc) is 1.85. The van der Waals surface area contributed by atoms with Crippen molar-refractivity contribution in [2.24, 2.45) is 0 Å². The number of aliphatic hydroxyl groups is 2. The number of ether oxygens (including phenoxy) is 2. The van der Waals surface area contributed by atoms with E-state index in [4.69, 9.17) is 41.0 Å². The summed E-state index contributed by atoms with van der Waals surface area (Å²) < 4.78 is 77.8. The molecule has 4 aliphatic heterocycles. The molecule has 2 fully saturated rings. The van der Waals surface area contributed by atoms with Crippen molar-refractivity contribution in [1.82, 2.24) is 39.4 Å². The van der Waals surface area contributed by atoms with E-state index in [2.05, 4.69) is 30.2 Å². The van der Waals surface area contributed by atoms with Crippen molar-refractivity contribution in [2.75, 3.05) is 91.2 Å². The van der Waals surface area contributed by atoms with Crippen LogP contribution in [0.1, 0.15) is 87.0 Å². The number of aromatic nitrogens is 2. The monoisotopic (exact) mass is 1230 g/mol. The van der Waals surface area contributed by atoms with E-state index in [9.17, 15) is 36.6 Å². The third kappa shape index (κ3) is 13.3. The summed E-state index contributed by atoms with van der Waals surface area (Å²) >= 11 is 14.3. The minimum absolute atomic E-state index is 0.0528. The highest BCUT2D eigenvalue weighted by Gasteiger charge is 2.44. The normalized spacial score (nSPS) is 18.6. The summed E-state index contributed by atoms with van der Waals surface area (Å²) in [5, 5.41) is 26.8. The standard InChI is InChI=1S/C59H72Cl2N8O13S2/c1-58(2,3)79-56(73)68-43-11-9-35(33-66-17-13-64(14-18-66)21-23-70)25-37(43)27-45(68)39-29-47(81-83(7,75)76)51(60)41-31-62-53(49(39)41)55(72)54-50-40(30-48(82-84(8,77)78)52(61)42(50)32-63-54)46-28-38-26-36(34-67-19-15-65(16-20-67)22-24-71)10-12-44(38)69(46)57(74)80-59(4,5)6/h9-12,25-30,53-54,62-63,70-71H,13-24,31-34H2,1-8H3. The van der Waals surface area contributed by atoms with Crippen LogP contribution in [0.5, 0.6) is 11.5 Å². The van der Waals surface area contributed by atoms with Gasteiger partial charge >= 0.3 is 32.4 Å². The number of hydrogen-bond donors (Lipinski definition) is 4. The van der Waals surface area contributed by atoms with Crippen LogP contribution >= 0.6 is 23.2 Å². The van der Waals surface area contributed by atoms with E-state index < -0.39 is 61.5 Å². The summed E-state index contributed by atoms with van der Waals surface area (Å²) in [6.07, 6.45) is 0.280. The van der Waals surface area contributed by atoms with E-state index >= 15 is 4.79 Å². The number of nitrogens with zero attached hydrogens (tertiary/aromatic N) is 6. The van der Waals surface area contributed by atoms with E-state index in [0.717, 1.165) is 76.0 Å². The first-order chi connectivity index (χ1) is 39.6. The number of piperazine rings is 2. The summed E-state index contributed by atoms with van der Waals surface area (Å²) in [5.41, 5.74) is 3.22. The zero-order valence-corrected chi connectivity index (χ0v) is 51.5. The number of β-amino-alcohol motifs (C(OH)–C–C–N with tert-alkyl or cyclic N) is 2. The van der Waals surface area contributed by atoms with Crippen molar-refractivity contribution in [2.45, 2.75) is 91.0 Å². The van der Waals surface area contributed by atoms with Crippen LogP contribution in [0.4, 0.5) is 9.59 Å². The molecule has 0 radical (unpaired) electrons. The Balaban J connectivity index is 1.12. The number of aliphatic hydroxyl groups excluding tert-OH is 2. The van der Waals surface area contributed by atoms with Crippen LogP contribution in [-0.2, 0) is 60.7 Å². The molecule has 4 aliphatic rings. The van der Waals surface area contributed by atoms with Gasteiger partial charge in [-0.1, -0.05) is 35.3 Å². The second-order valence-corrected chi connectivity index (χ2v) is 27.9. The van der Waals surface area contributed by atoms with E-state index in [0.29, 0.717) is 70.2 Å². The smallest absolute Gasteiger partial charge is 0.419 e. The lowest BCUT2D eigenvalue weighted by molar-refractivity contribution is -0.123. The molecule has 0 aliphatic carbocycles. The molecule has 6 heterocycles. The maximum absolute atomic E-state index is 16.0. The number of Topliss-reactive ketones (excluding diaryl/α,β-unsaturated/α-hetero) is 1. The predicted molar refractivity (Wildman–Crippen MR) is 321 cm³/mol. The maximum atomic E-state index is 16.0. The summed E-state index contributed by atoms with van der Waals surface area (Å²) in [4.78, 5) is 54.5. The molecule has 4 N–H and O–H groups in total. The molecular formula is C59H72Cl2N8O13S2. The van der Waals surface area contributed by atoms with Gasteiger partial charge in [0.2, 0.25) is 0 Å². The fraction of sp³-hybridized carbons (Fsp3) is 0.475. The van der Waals surface area contributed by atoms with Gasteiger partial charge in [0.05, 0.1) is 70.3 Å². The average molecular weight is 1240 g/mol. The van der Waals surface area contributed by atoms with Crippen molar-refractivity contribution in [3.05, 3.63) is 104 Å². The number of nitrogens with one attached hydrogen (secondary N) is 2. The Bertz CT molecular complexity index is 3560. The largest absolute Gasteiger partial charge is 0.443 e. The quantitative estimate of drug-likeness (QED) is 0.0697. The maximum Gasteiger partial charge on any atom is 0.419 e. The van der Waals surface area contributed by atoms with E-state index in [1.54, 1.807) is 53.7 Å². The van der Waals surface area contributed by atoms with Crippen molar-refractivity contribution >= 4 is 83.2 Å². The van der Waals surface area contributed by atoms with E-state index in [1.165, 1.54) is 21.3 Å². The number of rotatable bonds is 16. The molecule has 2 atom stereocenters. The zero-order chi connectivity index (χ0) is 60.4. The Morgan fingerprint density at radius 1 is 0.560 bits per heavy atom. The fourth-order valence-electron chi connectivity index (χ4n) is 11.8. The second-order valence-electron chi connectivity index (χ2n) is 24.0. The highest BCUT2D eigenvalue weighted by Crippen LogP contribution is 2.50. The van der Waals surface area contributed by atoms with Gasteiger partial charge in [0.25, 0.3) is 0 Å². The number of carbonyl (C=O) groups is 3. The Kier molecular flexibility index (Phi) is 17.5. The molecule has 0 saturated carbocycles. The molecule has 4 aromatic carbocycles. The molecule has 21 nitrogen and oxygen atoms in total. The van der Waals surface area contributed by atoms with Gasteiger partial charge in [0, 0.05) is 114 Å². The molecule has 452 valence electrons. The topological polar surface area (TPSA) is 244 Å². The number of hydrogen-bond acceptors (Lipinski definition) is 19. The number of fused-ring (bicyclic) bond motifs is 4. The predicted octanol–water partition coefficient (Wildman–Crippen LogP) is 7.26. The Morgan fingerprint density at radius 3 is 1.25 bits per heavy atom. The van der Waals surface area contributed by atoms with Crippen LogP contribution in [-0.4, -0.2) is 176 Å². The van der Waals surface area contributed by atoms with Crippen molar-refractivity contribution in [3.8, 4) is 34.0 Å². The molecule has 0 bridgehead atoms. The van der Waals surface area contributed by atoms with E-state index in [-0.39, 0.29) is 70.4 Å². The minimum atomic E-state index is -4.19. The molecule has 84 heavy (non-hydrogen) atoms.